The average Bonchev–Trinajstić information content (AvgIpc) is 2.48. The maximum atomic E-state index is 6.06. The first-order valence-corrected chi connectivity index (χ1v) is 7.48. The second-order valence-electron chi connectivity index (χ2n) is 5.25. The monoisotopic (exact) mass is 403 g/mol. The molecule has 2 rings (SSSR count). The summed E-state index contributed by atoms with van der Waals surface area (Å²) in [5, 5.41) is 0. The molecular formula is C16H26IN3O. The van der Waals surface area contributed by atoms with Gasteiger partial charge < -0.3 is 15.4 Å². The van der Waals surface area contributed by atoms with E-state index in [1.54, 1.807) is 0 Å². The van der Waals surface area contributed by atoms with Crippen LogP contribution in [0, 0.1) is 6.92 Å². The first-order chi connectivity index (χ1) is 9.70. The van der Waals surface area contributed by atoms with Crippen molar-refractivity contribution in [2.75, 3.05) is 19.7 Å². The van der Waals surface area contributed by atoms with Crippen LogP contribution in [-0.4, -0.2) is 30.6 Å². The van der Waals surface area contributed by atoms with E-state index in [-0.39, 0.29) is 24.0 Å². The van der Waals surface area contributed by atoms with Gasteiger partial charge in [-0.1, -0.05) is 12.1 Å². The van der Waals surface area contributed by atoms with Crippen LogP contribution >= 0.6 is 24.0 Å². The fourth-order valence-corrected chi connectivity index (χ4v) is 2.52. The summed E-state index contributed by atoms with van der Waals surface area (Å²) in [5.41, 5.74) is 8.38. The zero-order valence-corrected chi connectivity index (χ0v) is 15.3. The lowest BCUT2D eigenvalue weighted by molar-refractivity contribution is 0.337. The minimum atomic E-state index is 0. The molecule has 0 aromatic heterocycles. The van der Waals surface area contributed by atoms with E-state index in [1.165, 1.54) is 24.8 Å². The van der Waals surface area contributed by atoms with Gasteiger partial charge in [0.2, 0.25) is 0 Å². The number of piperidine rings is 1. The maximum Gasteiger partial charge on any atom is 0.191 e. The molecule has 1 aromatic rings. The summed E-state index contributed by atoms with van der Waals surface area (Å²) in [6, 6.07) is 6.20. The van der Waals surface area contributed by atoms with Crippen molar-refractivity contribution in [2.24, 2.45) is 10.7 Å². The maximum absolute atomic E-state index is 6.06. The lowest BCUT2D eigenvalue weighted by atomic mass is 10.1. The molecule has 0 atom stereocenters. The molecule has 118 valence electrons. The fraction of sp³-hybridized carbons (Fsp3) is 0.562. The van der Waals surface area contributed by atoms with Gasteiger partial charge in [-0.2, -0.15) is 0 Å². The highest BCUT2D eigenvalue weighted by Crippen LogP contribution is 2.19. The van der Waals surface area contributed by atoms with Crippen LogP contribution in [0.5, 0.6) is 5.75 Å². The van der Waals surface area contributed by atoms with Gasteiger partial charge in [-0.15, -0.1) is 24.0 Å². The van der Waals surface area contributed by atoms with Crippen LogP contribution in [0.3, 0.4) is 0 Å². The zero-order chi connectivity index (χ0) is 14.4. The molecule has 4 nitrogen and oxygen atoms in total. The van der Waals surface area contributed by atoms with Gasteiger partial charge >= 0.3 is 0 Å². The summed E-state index contributed by atoms with van der Waals surface area (Å²) in [7, 11) is 0. The Morgan fingerprint density at radius 2 is 2.00 bits per heavy atom. The number of aryl methyl sites for hydroxylation is 1. The third-order valence-electron chi connectivity index (χ3n) is 3.64. The highest BCUT2D eigenvalue weighted by atomic mass is 127. The minimum Gasteiger partial charge on any atom is -0.494 e. The minimum absolute atomic E-state index is 0. The Kier molecular flexibility index (Phi) is 7.85. The van der Waals surface area contributed by atoms with Crippen molar-refractivity contribution in [1.82, 2.24) is 4.90 Å². The summed E-state index contributed by atoms with van der Waals surface area (Å²) in [4.78, 5) is 6.70. The van der Waals surface area contributed by atoms with Gasteiger partial charge in [-0.05, 0) is 50.3 Å². The van der Waals surface area contributed by atoms with E-state index in [4.69, 9.17) is 10.5 Å². The van der Waals surface area contributed by atoms with Crippen molar-refractivity contribution < 1.29 is 4.74 Å². The van der Waals surface area contributed by atoms with E-state index >= 15 is 0 Å². The van der Waals surface area contributed by atoms with Gasteiger partial charge in [0, 0.05) is 13.1 Å². The molecule has 0 unspecified atom stereocenters. The predicted octanol–water partition coefficient (Wildman–Crippen LogP) is 3.31. The summed E-state index contributed by atoms with van der Waals surface area (Å²) < 4.78 is 5.54. The highest BCUT2D eigenvalue weighted by Gasteiger charge is 2.11. The lowest BCUT2D eigenvalue weighted by Gasteiger charge is -2.27. The van der Waals surface area contributed by atoms with E-state index in [1.807, 2.05) is 13.0 Å². The van der Waals surface area contributed by atoms with E-state index in [0.29, 0.717) is 19.1 Å². The predicted molar refractivity (Wildman–Crippen MR) is 98.5 cm³/mol. The fourth-order valence-electron chi connectivity index (χ4n) is 2.52. The molecule has 1 aliphatic rings. The second kappa shape index (κ2) is 9.12. The normalized spacial score (nSPS) is 15.5. The van der Waals surface area contributed by atoms with Crippen molar-refractivity contribution in [1.29, 1.82) is 0 Å². The van der Waals surface area contributed by atoms with Gasteiger partial charge in [0.25, 0.3) is 0 Å². The molecule has 1 fully saturated rings. The Balaban J connectivity index is 0.00000220. The Labute approximate surface area is 144 Å². The number of guanidine groups is 1. The molecule has 1 aliphatic heterocycles. The van der Waals surface area contributed by atoms with E-state index in [2.05, 4.69) is 28.9 Å². The first-order valence-electron chi connectivity index (χ1n) is 7.48. The van der Waals surface area contributed by atoms with Crippen LogP contribution in [0.15, 0.2) is 23.2 Å². The molecule has 0 bridgehead atoms. The molecule has 0 radical (unpaired) electrons. The molecule has 1 saturated heterocycles. The van der Waals surface area contributed by atoms with Gasteiger partial charge in [0.15, 0.2) is 5.96 Å². The highest BCUT2D eigenvalue weighted by molar-refractivity contribution is 14.0. The number of benzene rings is 1. The van der Waals surface area contributed by atoms with E-state index < -0.39 is 0 Å². The number of hydrogen-bond acceptors (Lipinski definition) is 2. The van der Waals surface area contributed by atoms with E-state index in [9.17, 15) is 0 Å². The number of nitrogens with two attached hydrogens (primary N) is 1. The molecule has 0 aliphatic carbocycles. The van der Waals surface area contributed by atoms with Crippen LogP contribution in [-0.2, 0) is 6.54 Å². The molecule has 0 saturated carbocycles. The Hall–Kier alpha value is -0.980. The summed E-state index contributed by atoms with van der Waals surface area (Å²) in [5.74, 6) is 1.63. The lowest BCUT2D eigenvalue weighted by Crippen LogP contribution is -2.40. The van der Waals surface area contributed by atoms with Crippen LogP contribution in [0.25, 0.3) is 0 Å². The Morgan fingerprint density at radius 1 is 1.29 bits per heavy atom. The largest absolute Gasteiger partial charge is 0.494 e. The molecule has 2 N–H and O–H groups in total. The van der Waals surface area contributed by atoms with Crippen molar-refractivity contribution in [3.63, 3.8) is 0 Å². The SMILES string of the molecule is CCOc1ccc(CN=C(N)N2CCCCC2)cc1C.I. The van der Waals surface area contributed by atoms with Crippen LogP contribution in [0.2, 0.25) is 0 Å². The number of likely N-dealkylation sites (tertiary alicyclic amines) is 1. The van der Waals surface area contributed by atoms with Gasteiger partial charge in [0.1, 0.15) is 5.75 Å². The third kappa shape index (κ3) is 5.37. The van der Waals surface area contributed by atoms with Crippen molar-refractivity contribution in [3.8, 4) is 5.75 Å². The third-order valence-corrected chi connectivity index (χ3v) is 3.64. The summed E-state index contributed by atoms with van der Waals surface area (Å²) in [6.07, 6.45) is 3.75. The molecular weight excluding hydrogens is 377 g/mol. The summed E-state index contributed by atoms with van der Waals surface area (Å²) >= 11 is 0. The number of nitrogens with zero attached hydrogens (tertiary/aromatic N) is 2. The van der Waals surface area contributed by atoms with Gasteiger partial charge in [-0.25, -0.2) is 4.99 Å². The Bertz CT molecular complexity index is 471. The number of ether oxygens (including phenoxy) is 1. The molecule has 1 heterocycles. The first kappa shape index (κ1) is 18.1. The van der Waals surface area contributed by atoms with Crippen molar-refractivity contribution in [2.45, 2.75) is 39.7 Å². The molecule has 0 amide bonds. The molecule has 5 heteroatoms. The Morgan fingerprint density at radius 3 is 2.62 bits per heavy atom. The molecule has 0 spiro atoms. The average molecular weight is 403 g/mol. The summed E-state index contributed by atoms with van der Waals surface area (Å²) in [6.45, 7) is 7.47. The quantitative estimate of drug-likeness (QED) is 0.477. The molecule has 1 aromatic carbocycles. The van der Waals surface area contributed by atoms with Crippen LogP contribution in [0.4, 0.5) is 0 Å². The number of hydrogen-bond donors (Lipinski definition) is 1. The number of rotatable bonds is 4. The van der Waals surface area contributed by atoms with Crippen molar-refractivity contribution >= 4 is 29.9 Å². The van der Waals surface area contributed by atoms with Crippen LogP contribution < -0.4 is 10.5 Å². The van der Waals surface area contributed by atoms with Crippen LogP contribution in [0.1, 0.15) is 37.3 Å². The number of halogens is 1. The number of aliphatic imine (C=N–C) groups is 1. The van der Waals surface area contributed by atoms with Gasteiger partial charge in [-0.3, -0.25) is 0 Å². The van der Waals surface area contributed by atoms with E-state index in [0.717, 1.165) is 24.4 Å². The van der Waals surface area contributed by atoms with Crippen molar-refractivity contribution in [3.05, 3.63) is 29.3 Å². The smallest absolute Gasteiger partial charge is 0.191 e. The van der Waals surface area contributed by atoms with Gasteiger partial charge in [0.05, 0.1) is 13.2 Å². The standard InChI is InChI=1S/C16H25N3O.HI/c1-3-20-15-8-7-14(11-13(15)2)12-18-16(17)19-9-5-4-6-10-19;/h7-8,11H,3-6,9-10,12H2,1-2H3,(H2,17,18);1H. The zero-order valence-electron chi connectivity index (χ0n) is 13.0. The topological polar surface area (TPSA) is 50.9 Å². The molecule has 21 heavy (non-hydrogen) atoms. The second-order valence-corrected chi connectivity index (χ2v) is 5.25.